The molecule has 0 atom stereocenters. The Morgan fingerprint density at radius 3 is 2.62 bits per heavy atom. The molecule has 2 rings (SSSR count). The lowest BCUT2D eigenvalue weighted by molar-refractivity contribution is 0.681. The van der Waals surface area contributed by atoms with Crippen LogP contribution in [0, 0.1) is 0 Å². The first-order valence-corrected chi connectivity index (χ1v) is 9.07. The fraction of sp³-hybridized carbons (Fsp3) is 0.364. The van der Waals surface area contributed by atoms with Crippen LogP contribution in [0.2, 0.25) is 19.6 Å². The average Bonchev–Trinajstić information content (AvgIpc) is 2.65. The van der Waals surface area contributed by atoms with E-state index in [9.17, 15) is 0 Å². The monoisotopic (exact) mass is 232 g/mol. The van der Waals surface area contributed by atoms with Crippen molar-refractivity contribution in [1.29, 1.82) is 0 Å². The maximum Gasteiger partial charge on any atom is 0.131 e. The predicted octanol–water partition coefficient (Wildman–Crippen LogP) is 2.22. The molecule has 0 amide bonds. The van der Waals surface area contributed by atoms with Gasteiger partial charge in [0.15, 0.2) is 0 Å². The van der Waals surface area contributed by atoms with Gasteiger partial charge in [0.2, 0.25) is 0 Å². The molecule has 0 spiro atoms. The summed E-state index contributed by atoms with van der Waals surface area (Å²) in [6, 6.07) is 5.80. The first kappa shape index (κ1) is 11.0. The second-order valence-electron chi connectivity index (χ2n) is 5.08. The number of aromatic nitrogens is 4. The minimum Gasteiger partial charge on any atom is -0.255 e. The van der Waals surface area contributed by atoms with Crippen LogP contribution in [0.4, 0.5) is 0 Å². The normalized spacial score (nSPS) is 11.7. The van der Waals surface area contributed by atoms with Crippen LogP contribution in [0.5, 0.6) is 0 Å². The van der Waals surface area contributed by atoms with Crippen LogP contribution in [-0.4, -0.2) is 28.1 Å². The van der Waals surface area contributed by atoms with Gasteiger partial charge in [0.1, 0.15) is 5.69 Å². The predicted molar refractivity (Wildman–Crippen MR) is 66.6 cm³/mol. The van der Waals surface area contributed by atoms with Crippen molar-refractivity contribution in [2.45, 2.75) is 25.8 Å². The van der Waals surface area contributed by atoms with Crippen LogP contribution in [-0.2, 0) is 6.17 Å². The lowest BCUT2D eigenvalue weighted by atomic mass is 10.3. The van der Waals surface area contributed by atoms with Crippen LogP contribution >= 0.6 is 0 Å². The summed E-state index contributed by atoms with van der Waals surface area (Å²) in [7, 11) is -1.15. The highest BCUT2D eigenvalue weighted by atomic mass is 28.3. The number of nitrogens with zero attached hydrogens (tertiary/aromatic N) is 4. The zero-order valence-corrected chi connectivity index (χ0v) is 10.9. The molecule has 0 aliphatic rings. The van der Waals surface area contributed by atoms with E-state index in [1.54, 1.807) is 6.20 Å². The largest absolute Gasteiger partial charge is 0.255 e. The third-order valence-corrected chi connectivity index (χ3v) is 3.37. The molecule has 4 nitrogen and oxygen atoms in total. The van der Waals surface area contributed by atoms with E-state index >= 15 is 0 Å². The van der Waals surface area contributed by atoms with Crippen molar-refractivity contribution in [1.82, 2.24) is 20.0 Å². The highest BCUT2D eigenvalue weighted by molar-refractivity contribution is 6.74. The van der Waals surface area contributed by atoms with Crippen molar-refractivity contribution in [3.8, 4) is 11.4 Å². The topological polar surface area (TPSA) is 43.6 Å². The number of hydrogen-bond donors (Lipinski definition) is 0. The lowest BCUT2D eigenvalue weighted by Crippen LogP contribution is -2.28. The van der Waals surface area contributed by atoms with Gasteiger partial charge in [-0.25, -0.2) is 0 Å². The molecule has 0 N–H and O–H groups in total. The molecule has 0 bridgehead atoms. The maximum absolute atomic E-state index is 4.25. The van der Waals surface area contributed by atoms with E-state index in [4.69, 9.17) is 0 Å². The third kappa shape index (κ3) is 2.76. The molecule has 84 valence electrons. The van der Waals surface area contributed by atoms with E-state index in [-0.39, 0.29) is 0 Å². The number of rotatable bonds is 3. The molecular formula is C11H16N4Si. The van der Waals surface area contributed by atoms with E-state index < -0.39 is 8.07 Å². The molecule has 0 radical (unpaired) electrons. The Kier molecular flexibility index (Phi) is 2.87. The van der Waals surface area contributed by atoms with E-state index in [1.807, 2.05) is 29.1 Å². The molecule has 0 saturated heterocycles. The number of hydrogen-bond acceptors (Lipinski definition) is 3. The number of pyridine rings is 1. The minimum absolute atomic E-state index is 0.846. The highest BCUT2D eigenvalue weighted by Crippen LogP contribution is 2.13. The molecule has 2 aromatic heterocycles. The second kappa shape index (κ2) is 4.17. The molecule has 0 fully saturated rings. The summed E-state index contributed by atoms with van der Waals surface area (Å²) in [4.78, 5) is 4.25. The van der Waals surface area contributed by atoms with Crippen molar-refractivity contribution in [3.05, 3.63) is 30.6 Å². The fourth-order valence-corrected chi connectivity index (χ4v) is 2.62. The van der Waals surface area contributed by atoms with Crippen molar-refractivity contribution in [2.75, 3.05) is 0 Å². The molecule has 0 aromatic carbocycles. The second-order valence-corrected chi connectivity index (χ2v) is 10.5. The fourth-order valence-electron chi connectivity index (χ4n) is 1.49. The van der Waals surface area contributed by atoms with E-state index in [2.05, 4.69) is 34.9 Å². The molecule has 2 aromatic rings. The highest BCUT2D eigenvalue weighted by Gasteiger charge is 2.15. The van der Waals surface area contributed by atoms with Gasteiger partial charge >= 0.3 is 0 Å². The summed E-state index contributed by atoms with van der Waals surface area (Å²) in [6.45, 7) is 6.94. The molecule has 5 heteroatoms. The van der Waals surface area contributed by atoms with E-state index in [0.717, 1.165) is 17.6 Å². The summed E-state index contributed by atoms with van der Waals surface area (Å²) in [5, 5.41) is 8.28. The van der Waals surface area contributed by atoms with Gasteiger partial charge in [-0.2, -0.15) is 0 Å². The quantitative estimate of drug-likeness (QED) is 0.762. The van der Waals surface area contributed by atoms with Crippen molar-refractivity contribution in [2.24, 2.45) is 0 Å². The third-order valence-electron chi connectivity index (χ3n) is 2.10. The summed E-state index contributed by atoms with van der Waals surface area (Å²) in [5.74, 6) is 0. The Morgan fingerprint density at radius 2 is 2.00 bits per heavy atom. The van der Waals surface area contributed by atoms with Crippen LogP contribution in [0.15, 0.2) is 30.6 Å². The molecule has 16 heavy (non-hydrogen) atoms. The molecule has 0 saturated carbocycles. The summed E-state index contributed by atoms with van der Waals surface area (Å²) in [5.41, 5.74) is 1.73. The molecule has 0 unspecified atom stereocenters. The smallest absolute Gasteiger partial charge is 0.131 e. The Morgan fingerprint density at radius 1 is 1.19 bits per heavy atom. The van der Waals surface area contributed by atoms with Crippen LogP contribution < -0.4 is 0 Å². The van der Waals surface area contributed by atoms with Crippen LogP contribution in [0.1, 0.15) is 0 Å². The summed E-state index contributed by atoms with van der Waals surface area (Å²) >= 11 is 0. The Labute approximate surface area is 96.3 Å². The van der Waals surface area contributed by atoms with Gasteiger partial charge in [0, 0.05) is 12.4 Å². The lowest BCUT2D eigenvalue weighted by Gasteiger charge is -2.14. The summed E-state index contributed by atoms with van der Waals surface area (Å²) < 4.78 is 1.93. The maximum atomic E-state index is 4.25. The van der Waals surface area contributed by atoms with Gasteiger partial charge in [0.05, 0.1) is 20.0 Å². The molecule has 0 aliphatic carbocycles. The molecular weight excluding hydrogens is 216 g/mol. The van der Waals surface area contributed by atoms with Crippen LogP contribution in [0.25, 0.3) is 11.4 Å². The molecule has 0 aliphatic heterocycles. The zero-order valence-electron chi connectivity index (χ0n) is 9.88. The molecule has 2 heterocycles. The standard InChI is InChI=1S/C11H16N4Si/c1-16(2,3)9-15-8-11(13-14-15)10-6-4-5-7-12-10/h4-8H,9H2,1-3H3. The van der Waals surface area contributed by atoms with Gasteiger partial charge < -0.3 is 0 Å². The van der Waals surface area contributed by atoms with Gasteiger partial charge in [-0.15, -0.1) is 5.10 Å². The summed E-state index contributed by atoms with van der Waals surface area (Å²) in [6.07, 6.45) is 4.74. The van der Waals surface area contributed by atoms with Gasteiger partial charge in [-0.3, -0.25) is 9.67 Å². The van der Waals surface area contributed by atoms with E-state index in [1.165, 1.54) is 0 Å². The first-order valence-electron chi connectivity index (χ1n) is 5.36. The van der Waals surface area contributed by atoms with E-state index in [0.29, 0.717) is 0 Å². The van der Waals surface area contributed by atoms with Crippen molar-refractivity contribution >= 4 is 8.07 Å². The SMILES string of the molecule is C[Si](C)(C)Cn1cc(-c2ccccn2)nn1. The zero-order chi connectivity index (χ0) is 11.6. The van der Waals surface area contributed by atoms with Gasteiger partial charge in [-0.1, -0.05) is 30.9 Å². The van der Waals surface area contributed by atoms with Gasteiger partial charge in [0.25, 0.3) is 0 Å². The average molecular weight is 232 g/mol. The Hall–Kier alpha value is -1.49. The minimum atomic E-state index is -1.15. The van der Waals surface area contributed by atoms with Crippen molar-refractivity contribution < 1.29 is 0 Å². The van der Waals surface area contributed by atoms with Crippen LogP contribution in [0.3, 0.4) is 0 Å². The Balaban J connectivity index is 2.21. The van der Waals surface area contributed by atoms with Gasteiger partial charge in [-0.05, 0) is 12.1 Å². The van der Waals surface area contributed by atoms with Crippen molar-refractivity contribution in [3.63, 3.8) is 0 Å². The Bertz CT molecular complexity index is 458. The first-order chi connectivity index (χ1) is 7.54.